The smallest absolute Gasteiger partial charge is 0.344 e. The second kappa shape index (κ2) is 7.62. The molecule has 3 aromatic carbocycles. The maximum absolute atomic E-state index is 12.8. The first-order chi connectivity index (χ1) is 13.5. The van der Waals surface area contributed by atoms with Crippen molar-refractivity contribution in [1.29, 1.82) is 0 Å². The van der Waals surface area contributed by atoms with Crippen LogP contribution in [0.25, 0.3) is 22.1 Å². The van der Waals surface area contributed by atoms with Gasteiger partial charge in [0, 0.05) is 21.1 Å². The molecule has 1 heterocycles. The molecule has 4 nitrogen and oxygen atoms in total. The Labute approximate surface area is 173 Å². The van der Waals surface area contributed by atoms with Crippen molar-refractivity contribution >= 4 is 44.5 Å². The number of hydrogen-bond acceptors (Lipinski definition) is 4. The van der Waals surface area contributed by atoms with E-state index in [9.17, 15) is 9.59 Å². The number of ether oxygens (including phenoxy) is 1. The fraction of sp³-hybridized carbons (Fsp3) is 0. The van der Waals surface area contributed by atoms with Gasteiger partial charge in [0.15, 0.2) is 0 Å². The van der Waals surface area contributed by atoms with Gasteiger partial charge in [0.2, 0.25) is 5.43 Å². The zero-order valence-electron chi connectivity index (χ0n) is 14.3. The topological polar surface area (TPSA) is 56.5 Å². The number of esters is 1. The van der Waals surface area contributed by atoms with Crippen molar-refractivity contribution < 1.29 is 13.9 Å². The summed E-state index contributed by atoms with van der Waals surface area (Å²) in [6.45, 7) is 0. The molecule has 4 aromatic rings. The number of hydrogen-bond donors (Lipinski definition) is 0. The largest absolute Gasteiger partial charge is 0.463 e. The Balaban J connectivity index is 1.70. The summed E-state index contributed by atoms with van der Waals surface area (Å²) in [6.07, 6.45) is 1.37. The summed E-state index contributed by atoms with van der Waals surface area (Å²) in [5, 5.41) is 0.839. The van der Waals surface area contributed by atoms with Crippen molar-refractivity contribution in [2.75, 3.05) is 0 Å². The van der Waals surface area contributed by atoms with E-state index in [2.05, 4.69) is 15.9 Å². The van der Waals surface area contributed by atoms with Crippen LogP contribution < -0.4 is 10.2 Å². The Kier molecular flexibility index (Phi) is 5.03. The summed E-state index contributed by atoms with van der Waals surface area (Å²) < 4.78 is 11.7. The van der Waals surface area contributed by atoms with Gasteiger partial charge in [-0.25, -0.2) is 4.79 Å². The van der Waals surface area contributed by atoms with Gasteiger partial charge in [-0.1, -0.05) is 41.9 Å². The van der Waals surface area contributed by atoms with Crippen molar-refractivity contribution in [1.82, 2.24) is 0 Å². The number of benzene rings is 3. The summed E-state index contributed by atoms with van der Waals surface area (Å²) in [4.78, 5) is 25.2. The zero-order valence-corrected chi connectivity index (χ0v) is 16.7. The van der Waals surface area contributed by atoms with E-state index in [1.54, 1.807) is 54.6 Å². The van der Waals surface area contributed by atoms with Crippen LogP contribution in [0.3, 0.4) is 0 Å². The van der Waals surface area contributed by atoms with Crippen LogP contribution in [0.1, 0.15) is 10.4 Å². The monoisotopic (exact) mass is 454 g/mol. The van der Waals surface area contributed by atoms with Crippen molar-refractivity contribution in [3.63, 3.8) is 0 Å². The van der Waals surface area contributed by atoms with Gasteiger partial charge in [0.25, 0.3) is 0 Å². The molecule has 0 saturated carbocycles. The lowest BCUT2D eigenvalue weighted by Gasteiger charge is -2.08. The average Bonchev–Trinajstić information content (AvgIpc) is 2.69. The average molecular weight is 456 g/mol. The van der Waals surface area contributed by atoms with Crippen LogP contribution in [0.5, 0.6) is 5.75 Å². The third-order valence-electron chi connectivity index (χ3n) is 4.21. The molecule has 0 atom stereocenters. The number of fused-ring (bicyclic) bond motifs is 1. The van der Waals surface area contributed by atoms with Gasteiger partial charge in [-0.3, -0.25) is 4.79 Å². The van der Waals surface area contributed by atoms with Crippen molar-refractivity contribution in [3.05, 3.63) is 98.3 Å². The number of carbonyl (C=O) groups excluding carboxylic acids is 1. The maximum atomic E-state index is 12.8. The quantitative estimate of drug-likeness (QED) is 0.277. The predicted octanol–water partition coefficient (Wildman–Crippen LogP) is 6.10. The molecule has 28 heavy (non-hydrogen) atoms. The summed E-state index contributed by atoms with van der Waals surface area (Å²) in [7, 11) is 0. The molecular formula is C22H12BrClO4. The number of carbonyl (C=O) groups is 1. The lowest BCUT2D eigenvalue weighted by atomic mass is 10.1. The first kappa shape index (κ1) is 18.5. The van der Waals surface area contributed by atoms with Crippen molar-refractivity contribution in [2.24, 2.45) is 0 Å². The molecular weight excluding hydrogens is 444 g/mol. The second-order valence-corrected chi connectivity index (χ2v) is 7.25. The van der Waals surface area contributed by atoms with Gasteiger partial charge in [-0.2, -0.15) is 0 Å². The second-order valence-electron chi connectivity index (χ2n) is 5.99. The number of halogens is 2. The molecule has 1 aromatic heterocycles. The molecule has 0 unspecified atom stereocenters. The molecule has 0 aliphatic carbocycles. The molecule has 0 bridgehead atoms. The van der Waals surface area contributed by atoms with Crippen LogP contribution in [0, 0.1) is 0 Å². The SMILES string of the molecule is O=C(Oc1ccc2c(=O)c(-c3ccccc3Cl)coc2c1)c1ccccc1Br. The molecule has 0 aliphatic heterocycles. The Morgan fingerprint density at radius 3 is 2.50 bits per heavy atom. The Hall–Kier alpha value is -2.89. The van der Waals surface area contributed by atoms with E-state index in [0.717, 1.165) is 0 Å². The normalized spacial score (nSPS) is 10.8. The van der Waals surface area contributed by atoms with Gasteiger partial charge in [0.1, 0.15) is 17.6 Å². The predicted molar refractivity (Wildman–Crippen MR) is 112 cm³/mol. The maximum Gasteiger partial charge on any atom is 0.344 e. The molecule has 0 saturated heterocycles. The first-order valence-corrected chi connectivity index (χ1v) is 9.49. The highest BCUT2D eigenvalue weighted by Crippen LogP contribution is 2.28. The fourth-order valence-corrected chi connectivity index (χ4v) is 3.51. The van der Waals surface area contributed by atoms with Crippen LogP contribution in [0.2, 0.25) is 5.02 Å². The summed E-state index contributed by atoms with van der Waals surface area (Å²) in [5.74, 6) is -0.233. The molecule has 0 radical (unpaired) electrons. The van der Waals surface area contributed by atoms with E-state index in [-0.39, 0.29) is 11.2 Å². The molecule has 0 N–H and O–H groups in total. The molecule has 0 amide bonds. The van der Waals surface area contributed by atoms with Gasteiger partial charge >= 0.3 is 5.97 Å². The molecule has 0 spiro atoms. The van der Waals surface area contributed by atoms with Gasteiger partial charge < -0.3 is 9.15 Å². The third-order valence-corrected chi connectivity index (χ3v) is 5.24. The minimum atomic E-state index is -0.512. The standard InChI is InChI=1S/C22H12BrClO4/c23-18-7-3-1-6-15(18)22(26)28-13-9-10-16-20(11-13)27-12-17(21(16)25)14-5-2-4-8-19(14)24/h1-12H. The minimum absolute atomic E-state index is 0.210. The summed E-state index contributed by atoms with van der Waals surface area (Å²) in [5.41, 5.74) is 1.48. The Morgan fingerprint density at radius 2 is 1.71 bits per heavy atom. The third kappa shape index (κ3) is 3.46. The van der Waals surface area contributed by atoms with Gasteiger partial charge in [-0.05, 0) is 46.3 Å². The van der Waals surface area contributed by atoms with E-state index in [0.29, 0.717) is 37.2 Å². The molecule has 4 rings (SSSR count). The highest BCUT2D eigenvalue weighted by molar-refractivity contribution is 9.10. The summed E-state index contributed by atoms with van der Waals surface area (Å²) in [6, 6.07) is 18.7. The Bertz CT molecular complexity index is 1260. The molecule has 6 heteroatoms. The van der Waals surface area contributed by atoms with Crippen LogP contribution in [0.4, 0.5) is 0 Å². The van der Waals surface area contributed by atoms with Crippen LogP contribution in [-0.2, 0) is 0 Å². The van der Waals surface area contributed by atoms with Crippen molar-refractivity contribution in [2.45, 2.75) is 0 Å². The van der Waals surface area contributed by atoms with E-state index >= 15 is 0 Å². The summed E-state index contributed by atoms with van der Waals surface area (Å²) >= 11 is 9.52. The van der Waals surface area contributed by atoms with Crippen LogP contribution in [-0.4, -0.2) is 5.97 Å². The highest BCUT2D eigenvalue weighted by atomic mass is 79.9. The zero-order chi connectivity index (χ0) is 19.7. The van der Waals surface area contributed by atoms with E-state index in [1.807, 2.05) is 6.07 Å². The van der Waals surface area contributed by atoms with E-state index in [4.69, 9.17) is 20.8 Å². The van der Waals surface area contributed by atoms with E-state index in [1.165, 1.54) is 12.3 Å². The van der Waals surface area contributed by atoms with E-state index < -0.39 is 5.97 Å². The highest BCUT2D eigenvalue weighted by Gasteiger charge is 2.15. The van der Waals surface area contributed by atoms with Gasteiger partial charge in [-0.15, -0.1) is 0 Å². The molecule has 0 fully saturated rings. The lowest BCUT2D eigenvalue weighted by molar-refractivity contribution is 0.0734. The number of rotatable bonds is 3. The minimum Gasteiger partial charge on any atom is -0.463 e. The van der Waals surface area contributed by atoms with Crippen LogP contribution >= 0.6 is 27.5 Å². The molecule has 138 valence electrons. The lowest BCUT2D eigenvalue weighted by Crippen LogP contribution is -2.10. The molecule has 0 aliphatic rings. The Morgan fingerprint density at radius 1 is 0.964 bits per heavy atom. The van der Waals surface area contributed by atoms with Crippen molar-refractivity contribution in [3.8, 4) is 16.9 Å². The fourth-order valence-electron chi connectivity index (χ4n) is 2.83. The van der Waals surface area contributed by atoms with Gasteiger partial charge in [0.05, 0.1) is 16.5 Å². The first-order valence-electron chi connectivity index (χ1n) is 8.32. The van der Waals surface area contributed by atoms with Crippen LogP contribution in [0.15, 0.2) is 86.7 Å².